The van der Waals surface area contributed by atoms with Crippen LogP contribution in [0.15, 0.2) is 69.2 Å². The number of amides is 1. The zero-order valence-electron chi connectivity index (χ0n) is 12.8. The maximum absolute atomic E-state index is 12.7. The third kappa shape index (κ3) is 2.57. The number of thiazole rings is 1. The Labute approximate surface area is 142 Å². The van der Waals surface area contributed by atoms with Crippen molar-refractivity contribution in [2.24, 2.45) is 5.10 Å². The van der Waals surface area contributed by atoms with Gasteiger partial charge >= 0.3 is 0 Å². The monoisotopic (exact) mass is 335 g/mol. The summed E-state index contributed by atoms with van der Waals surface area (Å²) in [6, 6.07) is 13.4. The molecule has 0 bridgehead atoms. The van der Waals surface area contributed by atoms with Gasteiger partial charge in [0.2, 0.25) is 5.13 Å². The fourth-order valence-electron chi connectivity index (χ4n) is 2.43. The molecule has 0 saturated carbocycles. The molecule has 0 atom stereocenters. The Bertz CT molecular complexity index is 940. The standard InChI is InChI=1S/C18H13N3O2S/c1-12-15(10-14-8-5-9-23-14)17(22)21(20-12)18-19-16(11-24-18)13-6-3-2-4-7-13/h2-11H,1H3/b15-10+. The van der Waals surface area contributed by atoms with Crippen molar-refractivity contribution in [3.63, 3.8) is 0 Å². The molecule has 0 radical (unpaired) electrons. The number of carbonyl (C=O) groups is 1. The predicted molar refractivity (Wildman–Crippen MR) is 94.8 cm³/mol. The molecule has 24 heavy (non-hydrogen) atoms. The number of nitrogens with zero attached hydrogens (tertiary/aromatic N) is 3. The molecule has 0 spiro atoms. The van der Waals surface area contributed by atoms with Gasteiger partial charge in [-0.05, 0) is 25.1 Å². The SMILES string of the molecule is CC1=NN(c2nc(-c3ccccc3)cs2)C(=O)/C1=C/c1ccco1. The van der Waals surface area contributed by atoms with Gasteiger partial charge < -0.3 is 4.42 Å². The van der Waals surface area contributed by atoms with Crippen LogP contribution in [0.25, 0.3) is 17.3 Å². The minimum absolute atomic E-state index is 0.196. The molecule has 0 fully saturated rings. The highest BCUT2D eigenvalue weighted by Crippen LogP contribution is 2.31. The van der Waals surface area contributed by atoms with Crippen molar-refractivity contribution in [3.05, 3.63) is 65.4 Å². The molecule has 1 amide bonds. The van der Waals surface area contributed by atoms with Crippen LogP contribution >= 0.6 is 11.3 Å². The molecule has 3 aromatic rings. The Hall–Kier alpha value is -2.99. The highest BCUT2D eigenvalue weighted by atomic mass is 32.1. The van der Waals surface area contributed by atoms with Gasteiger partial charge in [0.25, 0.3) is 5.91 Å². The highest BCUT2D eigenvalue weighted by Gasteiger charge is 2.31. The van der Waals surface area contributed by atoms with Crippen LogP contribution in [0, 0.1) is 0 Å². The zero-order valence-corrected chi connectivity index (χ0v) is 13.7. The van der Waals surface area contributed by atoms with Crippen molar-refractivity contribution < 1.29 is 9.21 Å². The van der Waals surface area contributed by atoms with Crippen molar-refractivity contribution in [2.75, 3.05) is 5.01 Å². The zero-order chi connectivity index (χ0) is 16.5. The van der Waals surface area contributed by atoms with Gasteiger partial charge in [-0.1, -0.05) is 30.3 Å². The van der Waals surface area contributed by atoms with E-state index >= 15 is 0 Å². The van der Waals surface area contributed by atoms with E-state index in [0.717, 1.165) is 11.3 Å². The number of furan rings is 1. The number of hydrogen-bond acceptors (Lipinski definition) is 5. The quantitative estimate of drug-likeness (QED) is 0.674. The average Bonchev–Trinajstić information content (AvgIpc) is 3.33. The molecule has 1 aromatic carbocycles. The summed E-state index contributed by atoms with van der Waals surface area (Å²) in [4.78, 5) is 17.2. The number of anilines is 1. The summed E-state index contributed by atoms with van der Waals surface area (Å²) in [5.74, 6) is 0.428. The second-order valence-corrected chi connectivity index (χ2v) is 6.09. The van der Waals surface area contributed by atoms with Crippen molar-refractivity contribution in [1.29, 1.82) is 0 Å². The normalized spacial score (nSPS) is 16.0. The van der Waals surface area contributed by atoms with Crippen LogP contribution in [-0.2, 0) is 4.79 Å². The van der Waals surface area contributed by atoms with Gasteiger partial charge in [-0.2, -0.15) is 10.1 Å². The van der Waals surface area contributed by atoms with E-state index < -0.39 is 0 Å². The molecule has 1 aliphatic rings. The smallest absolute Gasteiger partial charge is 0.282 e. The topological polar surface area (TPSA) is 58.7 Å². The molecule has 1 aliphatic heterocycles. The Balaban J connectivity index is 1.64. The van der Waals surface area contributed by atoms with Crippen molar-refractivity contribution in [3.8, 4) is 11.3 Å². The number of benzene rings is 1. The van der Waals surface area contributed by atoms with Gasteiger partial charge in [-0.15, -0.1) is 11.3 Å². The van der Waals surface area contributed by atoms with Crippen molar-refractivity contribution in [2.45, 2.75) is 6.92 Å². The fourth-order valence-corrected chi connectivity index (χ4v) is 3.21. The van der Waals surface area contributed by atoms with Gasteiger partial charge in [0.15, 0.2) is 0 Å². The Morgan fingerprint density at radius 1 is 1.17 bits per heavy atom. The second-order valence-electron chi connectivity index (χ2n) is 5.26. The van der Waals surface area contributed by atoms with Gasteiger partial charge in [0, 0.05) is 10.9 Å². The first-order valence-corrected chi connectivity index (χ1v) is 8.26. The average molecular weight is 335 g/mol. The first-order chi connectivity index (χ1) is 11.7. The van der Waals surface area contributed by atoms with Crippen LogP contribution in [0.3, 0.4) is 0 Å². The first kappa shape index (κ1) is 14.6. The molecule has 0 N–H and O–H groups in total. The molecule has 0 saturated heterocycles. The molecule has 2 aromatic heterocycles. The Morgan fingerprint density at radius 2 is 2.00 bits per heavy atom. The first-order valence-electron chi connectivity index (χ1n) is 7.38. The third-order valence-electron chi connectivity index (χ3n) is 3.64. The van der Waals surface area contributed by atoms with E-state index in [4.69, 9.17) is 4.42 Å². The van der Waals surface area contributed by atoms with E-state index in [1.165, 1.54) is 16.3 Å². The molecule has 118 valence electrons. The van der Waals surface area contributed by atoms with Crippen LogP contribution in [-0.4, -0.2) is 16.6 Å². The highest BCUT2D eigenvalue weighted by molar-refractivity contribution is 7.14. The lowest BCUT2D eigenvalue weighted by Crippen LogP contribution is -2.21. The minimum Gasteiger partial charge on any atom is -0.465 e. The Kier molecular flexibility index (Phi) is 3.59. The lowest BCUT2D eigenvalue weighted by atomic mass is 10.1. The summed E-state index contributed by atoms with van der Waals surface area (Å²) in [7, 11) is 0. The lowest BCUT2D eigenvalue weighted by molar-refractivity contribution is -0.114. The molecule has 0 aliphatic carbocycles. The van der Waals surface area contributed by atoms with E-state index in [-0.39, 0.29) is 5.91 Å². The number of carbonyl (C=O) groups excluding carboxylic acids is 1. The van der Waals surface area contributed by atoms with Crippen molar-refractivity contribution >= 4 is 34.2 Å². The van der Waals surface area contributed by atoms with E-state index in [2.05, 4.69) is 10.1 Å². The number of aromatic nitrogens is 1. The van der Waals surface area contributed by atoms with Crippen LogP contribution in [0.1, 0.15) is 12.7 Å². The van der Waals surface area contributed by atoms with Gasteiger partial charge in [-0.25, -0.2) is 4.98 Å². The van der Waals surface area contributed by atoms with Crippen molar-refractivity contribution in [1.82, 2.24) is 4.98 Å². The summed E-state index contributed by atoms with van der Waals surface area (Å²) < 4.78 is 5.28. The largest absolute Gasteiger partial charge is 0.465 e. The summed E-state index contributed by atoms with van der Waals surface area (Å²) in [6.45, 7) is 1.80. The molecular formula is C18H13N3O2S. The van der Waals surface area contributed by atoms with Crippen LogP contribution in [0.2, 0.25) is 0 Å². The van der Waals surface area contributed by atoms with Gasteiger partial charge in [-0.3, -0.25) is 4.79 Å². The summed E-state index contributed by atoms with van der Waals surface area (Å²) >= 11 is 1.39. The van der Waals surface area contributed by atoms with Crippen LogP contribution in [0.5, 0.6) is 0 Å². The van der Waals surface area contributed by atoms with E-state index in [1.54, 1.807) is 31.4 Å². The summed E-state index contributed by atoms with van der Waals surface area (Å²) in [6.07, 6.45) is 3.27. The molecule has 3 heterocycles. The lowest BCUT2D eigenvalue weighted by Gasteiger charge is -2.06. The number of hydrazone groups is 1. The molecule has 5 nitrogen and oxygen atoms in total. The molecule has 4 rings (SSSR count). The van der Waals surface area contributed by atoms with Crippen LogP contribution < -0.4 is 5.01 Å². The van der Waals surface area contributed by atoms with E-state index in [1.807, 2.05) is 35.7 Å². The maximum Gasteiger partial charge on any atom is 0.282 e. The Morgan fingerprint density at radius 3 is 2.75 bits per heavy atom. The third-order valence-corrected chi connectivity index (χ3v) is 4.45. The van der Waals surface area contributed by atoms with E-state index in [0.29, 0.717) is 22.2 Å². The molecule has 0 unspecified atom stereocenters. The molecule has 6 heteroatoms. The van der Waals surface area contributed by atoms with Crippen LogP contribution in [0.4, 0.5) is 5.13 Å². The predicted octanol–water partition coefficient (Wildman–Crippen LogP) is 4.21. The second kappa shape index (κ2) is 5.90. The number of hydrogen-bond donors (Lipinski definition) is 0. The van der Waals surface area contributed by atoms with E-state index in [9.17, 15) is 4.79 Å². The van der Waals surface area contributed by atoms with Gasteiger partial charge in [0.05, 0.1) is 23.2 Å². The summed E-state index contributed by atoms with van der Waals surface area (Å²) in [5, 5.41) is 8.18. The van der Waals surface area contributed by atoms with Gasteiger partial charge in [0.1, 0.15) is 5.76 Å². The fraction of sp³-hybridized carbons (Fsp3) is 0.0556. The maximum atomic E-state index is 12.7. The minimum atomic E-state index is -0.196. The summed E-state index contributed by atoms with van der Waals surface area (Å²) in [5.41, 5.74) is 3.01. The number of rotatable bonds is 3. The molecular weight excluding hydrogens is 322 g/mol.